The van der Waals surface area contributed by atoms with Gasteiger partial charge in [0.25, 0.3) is 0 Å². The zero-order valence-electron chi connectivity index (χ0n) is 15.0. The van der Waals surface area contributed by atoms with Gasteiger partial charge in [-0.15, -0.1) is 0 Å². The molecule has 1 saturated heterocycles. The molecular weight excluding hydrogens is 364 g/mol. The Morgan fingerprint density at radius 1 is 1.04 bits per heavy atom. The summed E-state index contributed by atoms with van der Waals surface area (Å²) in [5, 5.41) is 9.38. The van der Waals surface area contributed by atoms with Crippen LogP contribution in [0.1, 0.15) is 30.7 Å². The lowest BCUT2D eigenvalue weighted by Crippen LogP contribution is -2.39. The fourth-order valence-corrected chi connectivity index (χ4v) is 4.40. The number of nitrogens with zero attached hydrogens (tertiary/aromatic N) is 1. The molecule has 0 saturated carbocycles. The summed E-state index contributed by atoms with van der Waals surface area (Å²) in [5.41, 5.74) is 1.18. The Morgan fingerprint density at radius 3 is 2.30 bits per heavy atom. The third kappa shape index (κ3) is 5.08. The number of phenolic OH excluding ortho intramolecular Hbond substituents is 1. The number of amides is 1. The van der Waals surface area contributed by atoms with Gasteiger partial charge in [-0.1, -0.05) is 30.3 Å². The minimum absolute atomic E-state index is 0.0325. The molecular formula is C20H24N2O4S. The van der Waals surface area contributed by atoms with Crippen molar-refractivity contribution in [3.8, 4) is 5.75 Å². The number of aromatic hydroxyl groups is 1. The highest BCUT2D eigenvalue weighted by Crippen LogP contribution is 2.29. The Balaban J connectivity index is 1.45. The summed E-state index contributed by atoms with van der Waals surface area (Å²) in [5.74, 6) is 0.602. The van der Waals surface area contributed by atoms with Crippen LogP contribution in [0.3, 0.4) is 0 Å². The molecule has 0 aromatic heterocycles. The maximum Gasteiger partial charge on any atom is 0.240 e. The molecule has 7 heteroatoms. The molecule has 0 spiro atoms. The minimum Gasteiger partial charge on any atom is -0.508 e. The van der Waals surface area contributed by atoms with Crippen LogP contribution in [-0.4, -0.2) is 44.0 Å². The molecule has 6 nitrogen and oxygen atoms in total. The molecule has 1 aliphatic heterocycles. The molecule has 1 amide bonds. The third-order valence-electron chi connectivity index (χ3n) is 4.90. The van der Waals surface area contributed by atoms with Crippen LogP contribution in [0.15, 0.2) is 59.5 Å². The molecule has 1 heterocycles. The quantitative estimate of drug-likeness (QED) is 0.796. The van der Waals surface area contributed by atoms with E-state index in [4.69, 9.17) is 0 Å². The fraction of sp³-hybridized carbons (Fsp3) is 0.350. The largest absolute Gasteiger partial charge is 0.508 e. The van der Waals surface area contributed by atoms with Gasteiger partial charge in [-0.2, -0.15) is 0 Å². The molecule has 2 aromatic carbocycles. The zero-order valence-corrected chi connectivity index (χ0v) is 15.9. The van der Waals surface area contributed by atoms with Crippen molar-refractivity contribution in [3.63, 3.8) is 0 Å². The van der Waals surface area contributed by atoms with E-state index in [0.29, 0.717) is 19.0 Å². The van der Waals surface area contributed by atoms with E-state index in [2.05, 4.69) is 4.72 Å². The van der Waals surface area contributed by atoms with Crippen molar-refractivity contribution in [2.75, 3.05) is 19.6 Å². The van der Waals surface area contributed by atoms with E-state index in [1.54, 1.807) is 35.2 Å². The Kier molecular flexibility index (Phi) is 6.13. The topological polar surface area (TPSA) is 86.7 Å². The lowest BCUT2D eigenvalue weighted by Gasteiger charge is -2.32. The molecule has 0 atom stereocenters. The summed E-state index contributed by atoms with van der Waals surface area (Å²) in [4.78, 5) is 14.4. The number of carbonyl (C=O) groups is 1. The number of sulfonamides is 1. The van der Waals surface area contributed by atoms with E-state index >= 15 is 0 Å². The number of piperidine rings is 1. The van der Waals surface area contributed by atoms with Crippen LogP contribution in [0, 0.1) is 0 Å². The predicted molar refractivity (Wildman–Crippen MR) is 103 cm³/mol. The Morgan fingerprint density at radius 2 is 1.67 bits per heavy atom. The van der Waals surface area contributed by atoms with E-state index in [1.807, 2.05) is 12.1 Å². The first-order valence-electron chi connectivity index (χ1n) is 9.07. The average molecular weight is 388 g/mol. The molecule has 0 unspecified atom stereocenters. The number of hydrogen-bond acceptors (Lipinski definition) is 4. The molecule has 144 valence electrons. The third-order valence-corrected chi connectivity index (χ3v) is 6.37. The van der Waals surface area contributed by atoms with Crippen LogP contribution < -0.4 is 4.72 Å². The summed E-state index contributed by atoms with van der Waals surface area (Å²) in [6.07, 6.45) is 1.88. The van der Waals surface area contributed by atoms with Crippen molar-refractivity contribution in [2.45, 2.75) is 30.1 Å². The number of carbonyl (C=O) groups excluding carboxylic acids is 1. The maximum absolute atomic E-state index is 12.4. The molecule has 27 heavy (non-hydrogen) atoms. The molecule has 2 aromatic rings. The summed E-state index contributed by atoms with van der Waals surface area (Å²) in [6, 6.07) is 15.4. The normalized spacial score (nSPS) is 15.6. The van der Waals surface area contributed by atoms with Crippen molar-refractivity contribution in [2.24, 2.45) is 0 Å². The number of benzene rings is 2. The SMILES string of the molecule is O=C(CCNS(=O)(=O)c1ccccc1)N1CCC(c2ccc(O)cc2)CC1. The number of nitrogens with one attached hydrogen (secondary N) is 1. The summed E-state index contributed by atoms with van der Waals surface area (Å²) in [6.45, 7) is 1.42. The van der Waals surface area contributed by atoms with Crippen LogP contribution >= 0.6 is 0 Å². The van der Waals surface area contributed by atoms with Crippen molar-refractivity contribution >= 4 is 15.9 Å². The second-order valence-electron chi connectivity index (χ2n) is 6.71. The second-order valence-corrected chi connectivity index (χ2v) is 8.47. The van der Waals surface area contributed by atoms with Crippen LogP contribution in [-0.2, 0) is 14.8 Å². The average Bonchev–Trinajstić information content (AvgIpc) is 2.69. The molecule has 2 N–H and O–H groups in total. The van der Waals surface area contributed by atoms with Crippen LogP contribution in [0.25, 0.3) is 0 Å². The van der Waals surface area contributed by atoms with E-state index in [1.165, 1.54) is 17.7 Å². The van der Waals surface area contributed by atoms with Gasteiger partial charge >= 0.3 is 0 Å². The molecule has 3 rings (SSSR count). The van der Waals surface area contributed by atoms with Gasteiger partial charge in [0.1, 0.15) is 5.75 Å². The standard InChI is InChI=1S/C20H24N2O4S/c23-18-8-6-16(7-9-18)17-11-14-22(15-12-17)20(24)10-13-21-27(25,26)19-4-2-1-3-5-19/h1-9,17,21,23H,10-15H2. The van der Waals surface area contributed by atoms with Crippen molar-refractivity contribution < 1.29 is 18.3 Å². The van der Waals surface area contributed by atoms with E-state index in [9.17, 15) is 18.3 Å². The Bertz CT molecular complexity index is 859. The first kappa shape index (κ1) is 19.4. The predicted octanol–water partition coefficient (Wildman–Crippen LogP) is 2.47. The van der Waals surface area contributed by atoms with Crippen molar-refractivity contribution in [1.29, 1.82) is 0 Å². The van der Waals surface area contributed by atoms with Gasteiger partial charge in [0.2, 0.25) is 15.9 Å². The highest BCUT2D eigenvalue weighted by Gasteiger charge is 2.24. The molecule has 0 aliphatic carbocycles. The highest BCUT2D eigenvalue weighted by atomic mass is 32.2. The summed E-state index contributed by atoms with van der Waals surface area (Å²) < 4.78 is 26.8. The Hall–Kier alpha value is -2.38. The zero-order chi connectivity index (χ0) is 19.3. The summed E-state index contributed by atoms with van der Waals surface area (Å²) in [7, 11) is -3.58. The Labute approximate surface area is 159 Å². The molecule has 0 bridgehead atoms. The number of likely N-dealkylation sites (tertiary alicyclic amines) is 1. The first-order chi connectivity index (χ1) is 13.0. The lowest BCUT2D eigenvalue weighted by molar-refractivity contribution is -0.132. The highest BCUT2D eigenvalue weighted by molar-refractivity contribution is 7.89. The van der Waals surface area contributed by atoms with Gasteiger partial charge in [-0.3, -0.25) is 4.79 Å². The maximum atomic E-state index is 12.4. The van der Waals surface area contributed by atoms with Gasteiger partial charge in [0.05, 0.1) is 4.90 Å². The van der Waals surface area contributed by atoms with Crippen molar-refractivity contribution in [3.05, 3.63) is 60.2 Å². The number of phenols is 1. The van der Waals surface area contributed by atoms with Gasteiger partial charge in [0.15, 0.2) is 0 Å². The van der Waals surface area contributed by atoms with Gasteiger partial charge in [-0.05, 0) is 48.6 Å². The molecule has 0 radical (unpaired) electrons. The smallest absolute Gasteiger partial charge is 0.240 e. The summed E-state index contributed by atoms with van der Waals surface area (Å²) >= 11 is 0. The fourth-order valence-electron chi connectivity index (χ4n) is 3.34. The minimum atomic E-state index is -3.58. The second kappa shape index (κ2) is 8.54. The number of rotatable bonds is 6. The molecule has 1 fully saturated rings. The first-order valence-corrected chi connectivity index (χ1v) is 10.6. The van der Waals surface area contributed by atoms with Gasteiger partial charge < -0.3 is 10.0 Å². The van der Waals surface area contributed by atoms with E-state index in [-0.39, 0.29) is 29.5 Å². The van der Waals surface area contributed by atoms with E-state index in [0.717, 1.165) is 12.8 Å². The van der Waals surface area contributed by atoms with Crippen LogP contribution in [0.2, 0.25) is 0 Å². The molecule has 1 aliphatic rings. The van der Waals surface area contributed by atoms with Gasteiger partial charge in [-0.25, -0.2) is 13.1 Å². The number of hydrogen-bond donors (Lipinski definition) is 2. The van der Waals surface area contributed by atoms with Crippen LogP contribution in [0.4, 0.5) is 0 Å². The van der Waals surface area contributed by atoms with Gasteiger partial charge in [0, 0.05) is 26.1 Å². The van der Waals surface area contributed by atoms with Crippen LogP contribution in [0.5, 0.6) is 5.75 Å². The lowest BCUT2D eigenvalue weighted by atomic mass is 9.89. The van der Waals surface area contributed by atoms with Crippen molar-refractivity contribution in [1.82, 2.24) is 9.62 Å². The monoisotopic (exact) mass is 388 g/mol. The van der Waals surface area contributed by atoms with E-state index < -0.39 is 10.0 Å².